The summed E-state index contributed by atoms with van der Waals surface area (Å²) in [5, 5.41) is 20.1. The molecule has 0 radical (unpaired) electrons. The average Bonchev–Trinajstić information content (AvgIpc) is 2.90. The summed E-state index contributed by atoms with van der Waals surface area (Å²) < 4.78 is 1.85. The number of nitrogens with zero attached hydrogens (tertiary/aromatic N) is 3. The van der Waals surface area contributed by atoms with Crippen LogP contribution in [-0.4, -0.2) is 20.1 Å². The van der Waals surface area contributed by atoms with Gasteiger partial charge < -0.3 is 5.11 Å². The standard InChI is InChI=1S/C16H17N3O/c1-11(2)16-14(10-20)17-18-19(16)15-9-5-7-12-6-3-4-8-13(12)15/h3-9,11,20H,10H2,1-2H3. The summed E-state index contributed by atoms with van der Waals surface area (Å²) in [6, 6.07) is 14.3. The maximum atomic E-state index is 9.42. The molecule has 0 bridgehead atoms. The van der Waals surface area contributed by atoms with Crippen molar-refractivity contribution in [3.8, 4) is 5.69 Å². The van der Waals surface area contributed by atoms with Gasteiger partial charge in [0.1, 0.15) is 5.69 Å². The summed E-state index contributed by atoms with van der Waals surface area (Å²) in [4.78, 5) is 0. The van der Waals surface area contributed by atoms with Gasteiger partial charge in [0, 0.05) is 5.39 Å². The van der Waals surface area contributed by atoms with Crippen molar-refractivity contribution in [2.45, 2.75) is 26.4 Å². The lowest BCUT2D eigenvalue weighted by Gasteiger charge is -2.12. The fourth-order valence-electron chi connectivity index (χ4n) is 2.58. The molecule has 102 valence electrons. The van der Waals surface area contributed by atoms with Crippen LogP contribution < -0.4 is 0 Å². The Morgan fingerprint density at radius 1 is 1.10 bits per heavy atom. The summed E-state index contributed by atoms with van der Waals surface area (Å²) >= 11 is 0. The predicted octanol–water partition coefficient (Wildman–Crippen LogP) is 3.04. The summed E-state index contributed by atoms with van der Waals surface area (Å²) in [5.74, 6) is 0.242. The first-order valence-electron chi connectivity index (χ1n) is 6.76. The van der Waals surface area contributed by atoms with E-state index in [9.17, 15) is 5.11 Å². The second kappa shape index (κ2) is 5.06. The molecule has 0 spiro atoms. The second-order valence-electron chi connectivity index (χ2n) is 5.14. The summed E-state index contributed by atoms with van der Waals surface area (Å²) in [5.41, 5.74) is 2.61. The lowest BCUT2D eigenvalue weighted by Crippen LogP contribution is -2.06. The van der Waals surface area contributed by atoms with Crippen LogP contribution in [0.2, 0.25) is 0 Å². The quantitative estimate of drug-likeness (QED) is 0.793. The highest BCUT2D eigenvalue weighted by atomic mass is 16.3. The van der Waals surface area contributed by atoms with Crippen LogP contribution in [0.3, 0.4) is 0 Å². The maximum absolute atomic E-state index is 9.42. The highest BCUT2D eigenvalue weighted by molar-refractivity contribution is 5.90. The van der Waals surface area contributed by atoms with Gasteiger partial charge in [-0.3, -0.25) is 0 Å². The van der Waals surface area contributed by atoms with Crippen molar-refractivity contribution >= 4 is 10.8 Å². The number of hydrogen-bond donors (Lipinski definition) is 1. The van der Waals surface area contributed by atoms with E-state index in [0.717, 1.165) is 16.8 Å². The van der Waals surface area contributed by atoms with Gasteiger partial charge in [0.2, 0.25) is 0 Å². The molecule has 20 heavy (non-hydrogen) atoms. The molecule has 4 heteroatoms. The Bertz CT molecular complexity index is 741. The minimum absolute atomic E-state index is 0.0850. The zero-order chi connectivity index (χ0) is 14.1. The van der Waals surface area contributed by atoms with Crippen molar-refractivity contribution in [1.29, 1.82) is 0 Å². The molecule has 0 saturated carbocycles. The predicted molar refractivity (Wildman–Crippen MR) is 78.9 cm³/mol. The second-order valence-corrected chi connectivity index (χ2v) is 5.14. The minimum atomic E-state index is -0.0850. The van der Waals surface area contributed by atoms with Gasteiger partial charge in [0.25, 0.3) is 0 Å². The number of hydrogen-bond acceptors (Lipinski definition) is 3. The Morgan fingerprint density at radius 2 is 1.85 bits per heavy atom. The highest BCUT2D eigenvalue weighted by Gasteiger charge is 2.17. The van der Waals surface area contributed by atoms with Gasteiger partial charge >= 0.3 is 0 Å². The van der Waals surface area contributed by atoms with Crippen molar-refractivity contribution < 1.29 is 5.11 Å². The first-order chi connectivity index (χ1) is 9.72. The van der Waals surface area contributed by atoms with E-state index < -0.39 is 0 Å². The van der Waals surface area contributed by atoms with Gasteiger partial charge in [-0.05, 0) is 17.4 Å². The molecule has 0 aliphatic heterocycles. The van der Waals surface area contributed by atoms with Crippen LogP contribution >= 0.6 is 0 Å². The number of aliphatic hydroxyl groups is 1. The van der Waals surface area contributed by atoms with Gasteiger partial charge in [-0.25, -0.2) is 4.68 Å². The van der Waals surface area contributed by atoms with Crippen molar-refractivity contribution in [2.75, 3.05) is 0 Å². The molecule has 0 unspecified atom stereocenters. The third-order valence-electron chi connectivity index (χ3n) is 3.47. The number of rotatable bonds is 3. The molecule has 3 rings (SSSR count). The van der Waals surface area contributed by atoms with Crippen molar-refractivity contribution in [3.63, 3.8) is 0 Å². The van der Waals surface area contributed by atoms with Crippen LogP contribution in [0.25, 0.3) is 16.5 Å². The zero-order valence-corrected chi connectivity index (χ0v) is 11.6. The fourth-order valence-corrected chi connectivity index (χ4v) is 2.58. The Morgan fingerprint density at radius 3 is 2.60 bits per heavy atom. The monoisotopic (exact) mass is 267 g/mol. The number of aromatic nitrogens is 3. The highest BCUT2D eigenvalue weighted by Crippen LogP contribution is 2.26. The van der Waals surface area contributed by atoms with Crippen LogP contribution in [0.1, 0.15) is 31.2 Å². The third kappa shape index (κ3) is 1.98. The average molecular weight is 267 g/mol. The summed E-state index contributed by atoms with van der Waals surface area (Å²) in [7, 11) is 0. The van der Waals surface area contributed by atoms with Gasteiger partial charge in [-0.2, -0.15) is 0 Å². The molecule has 2 aromatic carbocycles. The number of benzene rings is 2. The summed E-state index contributed by atoms with van der Waals surface area (Å²) in [6.45, 7) is 4.08. The number of aliphatic hydroxyl groups excluding tert-OH is 1. The van der Waals surface area contributed by atoms with E-state index >= 15 is 0 Å². The van der Waals surface area contributed by atoms with E-state index in [2.05, 4.69) is 42.4 Å². The van der Waals surface area contributed by atoms with Crippen LogP contribution in [0, 0.1) is 0 Å². The van der Waals surface area contributed by atoms with E-state index in [1.54, 1.807) is 0 Å². The lowest BCUT2D eigenvalue weighted by molar-refractivity contribution is 0.275. The zero-order valence-electron chi connectivity index (χ0n) is 11.6. The Kier molecular flexibility index (Phi) is 3.24. The normalized spacial score (nSPS) is 11.4. The van der Waals surface area contributed by atoms with Crippen LogP contribution in [-0.2, 0) is 6.61 Å². The molecule has 1 heterocycles. The van der Waals surface area contributed by atoms with Gasteiger partial charge in [0.05, 0.1) is 18.0 Å². The lowest BCUT2D eigenvalue weighted by atomic mass is 10.1. The van der Waals surface area contributed by atoms with Crippen molar-refractivity contribution in [2.24, 2.45) is 0 Å². The molecule has 4 nitrogen and oxygen atoms in total. The molecule has 0 aliphatic carbocycles. The first kappa shape index (κ1) is 12.8. The van der Waals surface area contributed by atoms with Crippen molar-refractivity contribution in [3.05, 3.63) is 53.9 Å². The van der Waals surface area contributed by atoms with E-state index in [1.165, 1.54) is 5.39 Å². The molecular formula is C16H17N3O. The van der Waals surface area contributed by atoms with Gasteiger partial charge in [-0.15, -0.1) is 5.10 Å². The van der Waals surface area contributed by atoms with Gasteiger partial charge in [0.15, 0.2) is 0 Å². The van der Waals surface area contributed by atoms with Crippen molar-refractivity contribution in [1.82, 2.24) is 15.0 Å². The molecule has 1 aromatic heterocycles. The molecule has 3 aromatic rings. The molecule has 0 amide bonds. The minimum Gasteiger partial charge on any atom is -0.390 e. The maximum Gasteiger partial charge on any atom is 0.112 e. The van der Waals surface area contributed by atoms with E-state index in [0.29, 0.717) is 5.69 Å². The van der Waals surface area contributed by atoms with Crippen LogP contribution in [0.4, 0.5) is 0 Å². The van der Waals surface area contributed by atoms with E-state index in [4.69, 9.17) is 0 Å². The Labute approximate surface area is 117 Å². The molecule has 0 saturated heterocycles. The van der Waals surface area contributed by atoms with Crippen LogP contribution in [0.15, 0.2) is 42.5 Å². The SMILES string of the molecule is CC(C)c1c(CO)nnn1-c1cccc2ccccc12. The molecule has 0 fully saturated rings. The summed E-state index contributed by atoms with van der Waals surface area (Å²) in [6.07, 6.45) is 0. The van der Waals surface area contributed by atoms with Gasteiger partial charge in [-0.1, -0.05) is 55.5 Å². The largest absolute Gasteiger partial charge is 0.390 e. The smallest absolute Gasteiger partial charge is 0.112 e. The number of fused-ring (bicyclic) bond motifs is 1. The topological polar surface area (TPSA) is 50.9 Å². The molecule has 0 aliphatic rings. The van der Waals surface area contributed by atoms with E-state index in [1.807, 2.05) is 28.9 Å². The Balaban J connectivity index is 2.29. The third-order valence-corrected chi connectivity index (χ3v) is 3.47. The molecule has 1 N–H and O–H groups in total. The molecular weight excluding hydrogens is 250 g/mol. The Hall–Kier alpha value is -2.20. The van der Waals surface area contributed by atoms with Crippen LogP contribution in [0.5, 0.6) is 0 Å². The van der Waals surface area contributed by atoms with E-state index in [-0.39, 0.29) is 12.5 Å². The molecule has 0 atom stereocenters. The first-order valence-corrected chi connectivity index (χ1v) is 6.76. The fraction of sp³-hybridized carbons (Fsp3) is 0.250.